The smallest absolute Gasteiger partial charge is 0.240 e. The standard InChI is InChI=1S/C12H17BrN2O3S.ClH/c13-11-1-3-12(4-2-11)19(16,17)14-5-6-15-7-9-18-10-8-15;/h1-4,14H,5-10H2;1H. The van der Waals surface area contributed by atoms with E-state index in [-0.39, 0.29) is 12.4 Å². The van der Waals surface area contributed by atoms with Gasteiger partial charge in [0, 0.05) is 4.47 Å². The lowest BCUT2D eigenvalue weighted by molar-refractivity contribution is -0.906. The Labute approximate surface area is 134 Å². The summed E-state index contributed by atoms with van der Waals surface area (Å²) in [6.45, 7) is 4.65. The first-order valence-electron chi connectivity index (χ1n) is 6.24. The van der Waals surface area contributed by atoms with Crippen molar-refractivity contribution < 1.29 is 30.5 Å². The summed E-state index contributed by atoms with van der Waals surface area (Å²) < 4.78 is 32.8. The number of rotatable bonds is 5. The van der Waals surface area contributed by atoms with Crippen LogP contribution in [0.25, 0.3) is 0 Å². The van der Waals surface area contributed by atoms with Gasteiger partial charge in [0.25, 0.3) is 0 Å². The third-order valence-corrected chi connectivity index (χ3v) is 5.10. The minimum atomic E-state index is -3.39. The van der Waals surface area contributed by atoms with E-state index in [0.717, 1.165) is 37.3 Å². The van der Waals surface area contributed by atoms with E-state index >= 15 is 0 Å². The predicted molar refractivity (Wildman–Crippen MR) is 75.7 cm³/mol. The van der Waals surface area contributed by atoms with Crippen LogP contribution in [-0.4, -0.2) is 47.8 Å². The van der Waals surface area contributed by atoms with Gasteiger partial charge in [0.2, 0.25) is 10.0 Å². The van der Waals surface area contributed by atoms with Crippen LogP contribution in [0, 0.1) is 0 Å². The summed E-state index contributed by atoms with van der Waals surface area (Å²) in [4.78, 5) is 1.68. The molecule has 0 aliphatic carbocycles. The van der Waals surface area contributed by atoms with Crippen molar-refractivity contribution in [1.29, 1.82) is 0 Å². The summed E-state index contributed by atoms with van der Waals surface area (Å²) in [7, 11) is -3.39. The monoisotopic (exact) mass is 384 g/mol. The van der Waals surface area contributed by atoms with Crippen LogP contribution in [0.15, 0.2) is 33.6 Å². The molecule has 20 heavy (non-hydrogen) atoms. The van der Waals surface area contributed by atoms with Crippen molar-refractivity contribution in [3.05, 3.63) is 28.7 Å². The fraction of sp³-hybridized carbons (Fsp3) is 0.500. The highest BCUT2D eigenvalue weighted by Gasteiger charge is 2.17. The minimum absolute atomic E-state index is 0. The maximum absolute atomic E-state index is 12.0. The van der Waals surface area contributed by atoms with Gasteiger partial charge in [-0.2, -0.15) is 0 Å². The van der Waals surface area contributed by atoms with E-state index in [4.69, 9.17) is 4.74 Å². The molecule has 114 valence electrons. The molecule has 1 aromatic rings. The van der Waals surface area contributed by atoms with Gasteiger partial charge in [-0.15, -0.1) is 0 Å². The van der Waals surface area contributed by atoms with Gasteiger partial charge >= 0.3 is 0 Å². The Kier molecular flexibility index (Phi) is 7.42. The van der Waals surface area contributed by atoms with Crippen molar-refractivity contribution in [2.75, 3.05) is 39.4 Å². The van der Waals surface area contributed by atoms with Gasteiger partial charge in [0.05, 0.1) is 31.2 Å². The molecule has 1 aliphatic heterocycles. The van der Waals surface area contributed by atoms with E-state index in [9.17, 15) is 8.42 Å². The molecule has 0 amide bonds. The number of quaternary nitrogens is 1. The van der Waals surface area contributed by atoms with E-state index in [0.29, 0.717) is 11.4 Å². The van der Waals surface area contributed by atoms with Gasteiger partial charge in [0.1, 0.15) is 13.1 Å². The lowest BCUT2D eigenvalue weighted by Crippen LogP contribution is -3.14. The zero-order valence-corrected chi connectivity index (χ0v) is 14.1. The molecule has 1 saturated heterocycles. The molecule has 1 heterocycles. The Balaban J connectivity index is 0.00000200. The van der Waals surface area contributed by atoms with Gasteiger partial charge in [-0.05, 0) is 24.3 Å². The van der Waals surface area contributed by atoms with Crippen molar-refractivity contribution in [1.82, 2.24) is 4.72 Å². The number of ether oxygens (including phenoxy) is 1. The molecule has 0 aromatic heterocycles. The number of sulfonamides is 1. The van der Waals surface area contributed by atoms with Crippen LogP contribution in [0.3, 0.4) is 0 Å². The summed E-state index contributed by atoms with van der Waals surface area (Å²) in [6.07, 6.45) is 0. The van der Waals surface area contributed by atoms with Gasteiger partial charge in [-0.3, -0.25) is 0 Å². The van der Waals surface area contributed by atoms with E-state index < -0.39 is 10.0 Å². The summed E-state index contributed by atoms with van der Waals surface area (Å²) in [6, 6.07) is 6.63. The van der Waals surface area contributed by atoms with Crippen molar-refractivity contribution in [2.45, 2.75) is 4.90 Å². The van der Waals surface area contributed by atoms with Crippen LogP contribution in [-0.2, 0) is 14.8 Å². The second kappa shape index (κ2) is 8.31. The lowest BCUT2D eigenvalue weighted by atomic mass is 10.4. The number of benzene rings is 1. The molecule has 0 atom stereocenters. The van der Waals surface area contributed by atoms with Crippen molar-refractivity contribution in [3.8, 4) is 0 Å². The Morgan fingerprint density at radius 1 is 1.20 bits per heavy atom. The molecule has 0 unspecified atom stereocenters. The van der Waals surface area contributed by atoms with Crippen LogP contribution < -0.4 is 22.0 Å². The molecular formula is C12H18BrClN2O3S. The fourth-order valence-electron chi connectivity index (χ4n) is 1.97. The highest BCUT2D eigenvalue weighted by Crippen LogP contribution is 2.14. The lowest BCUT2D eigenvalue weighted by Gasteiger charge is -2.23. The molecule has 1 fully saturated rings. The van der Waals surface area contributed by atoms with Crippen LogP contribution in [0.1, 0.15) is 0 Å². The Morgan fingerprint density at radius 3 is 2.40 bits per heavy atom. The third kappa shape index (κ3) is 5.31. The van der Waals surface area contributed by atoms with Gasteiger partial charge in [-0.25, -0.2) is 13.1 Å². The molecule has 1 aliphatic rings. The zero-order chi connectivity index (χ0) is 13.7. The average Bonchev–Trinajstić information content (AvgIpc) is 2.40. The molecule has 0 spiro atoms. The number of morpholine rings is 1. The van der Waals surface area contributed by atoms with E-state index in [1.165, 1.54) is 4.90 Å². The fourth-order valence-corrected chi connectivity index (χ4v) is 3.27. The molecule has 2 N–H and O–H groups in total. The van der Waals surface area contributed by atoms with Crippen molar-refractivity contribution >= 4 is 26.0 Å². The first-order valence-corrected chi connectivity index (χ1v) is 8.52. The first kappa shape index (κ1) is 17.9. The van der Waals surface area contributed by atoms with Gasteiger partial charge < -0.3 is 22.0 Å². The highest BCUT2D eigenvalue weighted by atomic mass is 79.9. The van der Waals surface area contributed by atoms with Crippen LogP contribution in [0.2, 0.25) is 0 Å². The second-order valence-corrected chi connectivity index (χ2v) is 7.15. The Morgan fingerprint density at radius 2 is 1.80 bits per heavy atom. The summed E-state index contributed by atoms with van der Waals surface area (Å²) in [5.74, 6) is 0. The van der Waals surface area contributed by atoms with Crippen LogP contribution in [0.4, 0.5) is 0 Å². The van der Waals surface area contributed by atoms with Crippen LogP contribution >= 0.6 is 15.9 Å². The van der Waals surface area contributed by atoms with E-state index in [2.05, 4.69) is 20.7 Å². The largest absolute Gasteiger partial charge is 1.00 e. The zero-order valence-electron chi connectivity index (χ0n) is 10.9. The minimum Gasteiger partial charge on any atom is -1.00 e. The maximum atomic E-state index is 12.0. The SMILES string of the molecule is O=S(=O)(NCC[NH+]1CCOCC1)c1ccc(Br)cc1.[Cl-]. The van der Waals surface area contributed by atoms with Crippen LogP contribution in [0.5, 0.6) is 0 Å². The van der Waals surface area contributed by atoms with Gasteiger partial charge in [0.15, 0.2) is 0 Å². The topological polar surface area (TPSA) is 59.8 Å². The highest BCUT2D eigenvalue weighted by molar-refractivity contribution is 9.10. The van der Waals surface area contributed by atoms with E-state index in [1.807, 2.05) is 0 Å². The average molecular weight is 386 g/mol. The number of hydrogen-bond acceptors (Lipinski definition) is 3. The number of nitrogens with one attached hydrogen (secondary N) is 2. The quantitative estimate of drug-likeness (QED) is 0.557. The summed E-state index contributed by atoms with van der Waals surface area (Å²) in [5, 5.41) is 0. The molecule has 2 rings (SSSR count). The van der Waals surface area contributed by atoms with E-state index in [1.54, 1.807) is 24.3 Å². The number of hydrogen-bond donors (Lipinski definition) is 2. The Hall–Kier alpha value is -0.180. The first-order chi connectivity index (χ1) is 9.08. The molecule has 0 bridgehead atoms. The summed E-state index contributed by atoms with van der Waals surface area (Å²) >= 11 is 3.29. The normalized spacial score (nSPS) is 16.6. The van der Waals surface area contributed by atoms with Crippen molar-refractivity contribution in [2.24, 2.45) is 0 Å². The molecular weight excluding hydrogens is 368 g/mol. The Bertz CT molecular complexity index is 504. The molecule has 0 saturated carbocycles. The summed E-state index contributed by atoms with van der Waals surface area (Å²) in [5.41, 5.74) is 0. The number of halogens is 2. The molecule has 8 heteroatoms. The van der Waals surface area contributed by atoms with Gasteiger partial charge in [-0.1, -0.05) is 15.9 Å². The molecule has 0 radical (unpaired) electrons. The third-order valence-electron chi connectivity index (χ3n) is 3.09. The maximum Gasteiger partial charge on any atom is 0.240 e. The molecule has 1 aromatic carbocycles. The van der Waals surface area contributed by atoms with Crippen molar-refractivity contribution in [3.63, 3.8) is 0 Å². The second-order valence-electron chi connectivity index (χ2n) is 4.46. The predicted octanol–water partition coefficient (Wildman–Crippen LogP) is -3.35. The molecule has 5 nitrogen and oxygen atoms in total.